The molecule has 1 heterocycles. The predicted molar refractivity (Wildman–Crippen MR) is 101 cm³/mol. The van der Waals surface area contributed by atoms with Gasteiger partial charge in [-0.3, -0.25) is 9.59 Å². The molecule has 1 aliphatic rings. The molecule has 5 heteroatoms. The lowest BCUT2D eigenvalue weighted by Gasteiger charge is -2.28. The van der Waals surface area contributed by atoms with Gasteiger partial charge in [-0.2, -0.15) is 5.26 Å². The molecule has 1 aromatic carbocycles. The maximum absolute atomic E-state index is 13.0. The van der Waals surface area contributed by atoms with Crippen molar-refractivity contribution in [1.82, 2.24) is 9.80 Å². The van der Waals surface area contributed by atoms with Crippen LogP contribution >= 0.6 is 0 Å². The Morgan fingerprint density at radius 1 is 1.27 bits per heavy atom. The SMILES string of the molecule is CCCN(Cc1ccc(C#N)cc1)C(=O)C1CC(=O)N(C(CC)CC)C1. The average molecular weight is 355 g/mol. The Morgan fingerprint density at radius 2 is 1.92 bits per heavy atom. The number of likely N-dealkylation sites (tertiary alicyclic amines) is 1. The number of hydrogen-bond donors (Lipinski definition) is 0. The summed E-state index contributed by atoms with van der Waals surface area (Å²) in [4.78, 5) is 29.2. The van der Waals surface area contributed by atoms with E-state index in [1.807, 2.05) is 21.9 Å². The number of hydrogen-bond acceptors (Lipinski definition) is 3. The molecule has 1 unspecified atom stereocenters. The van der Waals surface area contributed by atoms with E-state index >= 15 is 0 Å². The number of carbonyl (C=O) groups excluding carboxylic acids is 2. The lowest BCUT2D eigenvalue weighted by molar-refractivity contribution is -0.136. The Morgan fingerprint density at radius 3 is 2.46 bits per heavy atom. The fraction of sp³-hybridized carbons (Fsp3) is 0.571. The largest absolute Gasteiger partial charge is 0.339 e. The van der Waals surface area contributed by atoms with Crippen LogP contribution < -0.4 is 0 Å². The fourth-order valence-electron chi connectivity index (χ4n) is 3.68. The van der Waals surface area contributed by atoms with E-state index < -0.39 is 0 Å². The summed E-state index contributed by atoms with van der Waals surface area (Å²) in [6.07, 6.45) is 3.04. The number of nitriles is 1. The summed E-state index contributed by atoms with van der Waals surface area (Å²) in [5.41, 5.74) is 1.62. The van der Waals surface area contributed by atoms with Crippen LogP contribution in [0.25, 0.3) is 0 Å². The van der Waals surface area contributed by atoms with E-state index in [0.717, 1.165) is 24.8 Å². The third-order valence-corrected chi connectivity index (χ3v) is 5.15. The van der Waals surface area contributed by atoms with Crippen molar-refractivity contribution in [3.63, 3.8) is 0 Å². The number of benzene rings is 1. The Balaban J connectivity index is 2.08. The third-order valence-electron chi connectivity index (χ3n) is 5.15. The van der Waals surface area contributed by atoms with Crippen molar-refractivity contribution < 1.29 is 9.59 Å². The average Bonchev–Trinajstić information content (AvgIpc) is 3.04. The van der Waals surface area contributed by atoms with E-state index in [4.69, 9.17) is 5.26 Å². The molecule has 0 aliphatic carbocycles. The van der Waals surface area contributed by atoms with Crippen molar-refractivity contribution in [2.45, 2.75) is 59.0 Å². The first kappa shape index (κ1) is 20.0. The second kappa shape index (κ2) is 9.38. The molecule has 1 fully saturated rings. The van der Waals surface area contributed by atoms with E-state index in [9.17, 15) is 9.59 Å². The molecule has 1 aromatic rings. The number of amides is 2. The molecule has 2 amide bonds. The van der Waals surface area contributed by atoms with Crippen LogP contribution in [-0.2, 0) is 16.1 Å². The summed E-state index contributed by atoms with van der Waals surface area (Å²) in [7, 11) is 0. The molecule has 140 valence electrons. The van der Waals surface area contributed by atoms with Gasteiger partial charge in [0.05, 0.1) is 17.6 Å². The molecule has 0 aromatic heterocycles. The topological polar surface area (TPSA) is 64.4 Å². The van der Waals surface area contributed by atoms with Gasteiger partial charge < -0.3 is 9.80 Å². The van der Waals surface area contributed by atoms with Crippen LogP contribution in [0.1, 0.15) is 57.6 Å². The molecule has 1 atom stereocenters. The minimum atomic E-state index is -0.243. The predicted octanol–water partition coefficient (Wildman–Crippen LogP) is 3.33. The lowest BCUT2D eigenvalue weighted by Crippen LogP contribution is -2.39. The number of nitrogens with zero attached hydrogens (tertiary/aromatic N) is 3. The normalized spacial score (nSPS) is 16.8. The van der Waals surface area contributed by atoms with Crippen LogP contribution in [0.4, 0.5) is 0 Å². The fourth-order valence-corrected chi connectivity index (χ4v) is 3.68. The van der Waals surface area contributed by atoms with E-state index in [-0.39, 0.29) is 23.8 Å². The molecule has 0 spiro atoms. The molecule has 5 nitrogen and oxygen atoms in total. The molecule has 0 N–H and O–H groups in total. The molecule has 2 rings (SSSR count). The molecule has 1 saturated heterocycles. The first-order chi connectivity index (χ1) is 12.5. The van der Waals surface area contributed by atoms with E-state index in [2.05, 4.69) is 26.8 Å². The van der Waals surface area contributed by atoms with Crippen molar-refractivity contribution in [1.29, 1.82) is 5.26 Å². The third kappa shape index (κ3) is 4.63. The maximum atomic E-state index is 13.0. The lowest BCUT2D eigenvalue weighted by atomic mass is 10.1. The zero-order chi connectivity index (χ0) is 19.1. The van der Waals surface area contributed by atoms with Gasteiger partial charge in [0.2, 0.25) is 11.8 Å². The molecular formula is C21H29N3O2. The van der Waals surface area contributed by atoms with Gasteiger partial charge in [-0.25, -0.2) is 0 Å². The highest BCUT2D eigenvalue weighted by Crippen LogP contribution is 2.25. The minimum absolute atomic E-state index is 0.0676. The number of carbonyl (C=O) groups is 2. The van der Waals surface area contributed by atoms with Crippen molar-refractivity contribution in [2.24, 2.45) is 5.92 Å². The zero-order valence-corrected chi connectivity index (χ0v) is 16.1. The van der Waals surface area contributed by atoms with E-state index in [0.29, 0.717) is 31.6 Å². The van der Waals surface area contributed by atoms with Gasteiger partial charge in [0, 0.05) is 32.1 Å². The van der Waals surface area contributed by atoms with Crippen LogP contribution in [0.15, 0.2) is 24.3 Å². The molecule has 0 saturated carbocycles. The van der Waals surface area contributed by atoms with Crippen LogP contribution in [0, 0.1) is 17.2 Å². The summed E-state index contributed by atoms with van der Waals surface area (Å²) in [6.45, 7) is 7.96. The monoisotopic (exact) mass is 355 g/mol. The van der Waals surface area contributed by atoms with Crippen LogP contribution in [0.5, 0.6) is 0 Å². The zero-order valence-electron chi connectivity index (χ0n) is 16.1. The highest BCUT2D eigenvalue weighted by atomic mass is 16.2. The molecule has 0 radical (unpaired) electrons. The second-order valence-electron chi connectivity index (χ2n) is 6.99. The van der Waals surface area contributed by atoms with Gasteiger partial charge in [0.1, 0.15) is 0 Å². The van der Waals surface area contributed by atoms with Gasteiger partial charge >= 0.3 is 0 Å². The quantitative estimate of drug-likeness (QED) is 0.718. The smallest absolute Gasteiger partial charge is 0.228 e. The van der Waals surface area contributed by atoms with Crippen molar-refractivity contribution >= 4 is 11.8 Å². The standard InChI is InChI=1S/C21H29N3O2/c1-4-11-23(14-17-9-7-16(13-22)8-10-17)21(26)18-12-20(25)24(15-18)19(5-2)6-3/h7-10,18-19H,4-6,11-12,14-15H2,1-3H3. The van der Waals surface area contributed by atoms with Gasteiger partial charge in [-0.15, -0.1) is 0 Å². The number of rotatable bonds is 8. The second-order valence-corrected chi connectivity index (χ2v) is 6.99. The molecular weight excluding hydrogens is 326 g/mol. The van der Waals surface area contributed by atoms with Gasteiger partial charge in [0.25, 0.3) is 0 Å². The van der Waals surface area contributed by atoms with Gasteiger partial charge in [0.15, 0.2) is 0 Å². The highest BCUT2D eigenvalue weighted by Gasteiger charge is 2.38. The summed E-state index contributed by atoms with van der Waals surface area (Å²) in [6, 6.07) is 9.68. The van der Waals surface area contributed by atoms with E-state index in [1.165, 1.54) is 0 Å². The Kier molecular flexibility index (Phi) is 7.20. The Bertz CT molecular complexity index is 659. The minimum Gasteiger partial charge on any atom is -0.339 e. The van der Waals surface area contributed by atoms with Gasteiger partial charge in [-0.1, -0.05) is 32.9 Å². The van der Waals surface area contributed by atoms with Crippen molar-refractivity contribution in [3.8, 4) is 6.07 Å². The summed E-state index contributed by atoms with van der Waals surface area (Å²) in [5, 5.41) is 8.91. The van der Waals surface area contributed by atoms with E-state index in [1.54, 1.807) is 12.1 Å². The summed E-state index contributed by atoms with van der Waals surface area (Å²) >= 11 is 0. The van der Waals surface area contributed by atoms with Crippen LogP contribution in [-0.4, -0.2) is 40.7 Å². The molecule has 0 bridgehead atoms. The summed E-state index contributed by atoms with van der Waals surface area (Å²) < 4.78 is 0. The van der Waals surface area contributed by atoms with Crippen LogP contribution in [0.2, 0.25) is 0 Å². The highest BCUT2D eigenvalue weighted by molar-refractivity contribution is 5.89. The van der Waals surface area contributed by atoms with Gasteiger partial charge in [-0.05, 0) is 37.0 Å². The Labute approximate surface area is 156 Å². The Hall–Kier alpha value is -2.35. The molecule has 1 aliphatic heterocycles. The summed E-state index contributed by atoms with van der Waals surface area (Å²) in [5.74, 6) is -0.0714. The van der Waals surface area contributed by atoms with Crippen molar-refractivity contribution in [3.05, 3.63) is 35.4 Å². The maximum Gasteiger partial charge on any atom is 0.228 e. The first-order valence-electron chi connectivity index (χ1n) is 9.61. The van der Waals surface area contributed by atoms with Crippen molar-refractivity contribution in [2.75, 3.05) is 13.1 Å². The molecule has 26 heavy (non-hydrogen) atoms. The van der Waals surface area contributed by atoms with Crippen LogP contribution in [0.3, 0.4) is 0 Å². The first-order valence-corrected chi connectivity index (χ1v) is 9.61.